The molecule has 1 aliphatic heterocycles. The van der Waals surface area contributed by atoms with Gasteiger partial charge in [0.1, 0.15) is 5.82 Å². The fourth-order valence-electron chi connectivity index (χ4n) is 4.10. The van der Waals surface area contributed by atoms with Crippen LogP contribution in [0.2, 0.25) is 0 Å². The molecule has 3 aromatic carbocycles. The number of carbonyl (C=O) groups excluding carboxylic acids is 1. The van der Waals surface area contributed by atoms with Gasteiger partial charge in [-0.15, -0.1) is 0 Å². The molecule has 4 rings (SSSR count). The summed E-state index contributed by atoms with van der Waals surface area (Å²) in [7, 11) is -3.88. The van der Waals surface area contributed by atoms with Crippen molar-refractivity contribution in [2.24, 2.45) is 0 Å². The molecule has 0 bridgehead atoms. The molecule has 1 saturated heterocycles. The van der Waals surface area contributed by atoms with Gasteiger partial charge in [-0.1, -0.05) is 47.5 Å². The van der Waals surface area contributed by atoms with Gasteiger partial charge in [0.05, 0.1) is 11.4 Å². The summed E-state index contributed by atoms with van der Waals surface area (Å²) >= 11 is 0. The van der Waals surface area contributed by atoms with Crippen molar-refractivity contribution >= 4 is 21.6 Å². The van der Waals surface area contributed by atoms with Crippen LogP contribution in [0.5, 0.6) is 0 Å². The number of anilines is 1. The molecule has 6 nitrogen and oxygen atoms in total. The zero-order valence-corrected chi connectivity index (χ0v) is 20.8. The zero-order chi connectivity index (χ0) is 25.0. The van der Waals surface area contributed by atoms with Gasteiger partial charge in [0, 0.05) is 38.4 Å². The second-order valence-corrected chi connectivity index (χ2v) is 10.9. The first-order chi connectivity index (χ1) is 16.7. The highest BCUT2D eigenvalue weighted by Crippen LogP contribution is 2.21. The van der Waals surface area contributed by atoms with Gasteiger partial charge in [0.25, 0.3) is 0 Å². The SMILES string of the molecule is Cc1ccc(CN(CC(=O)N2CCN(c3ccc(F)cc3)CC2)S(=O)(=O)c2ccc(C)cc2)cc1. The molecule has 0 aromatic heterocycles. The quantitative estimate of drug-likeness (QED) is 0.498. The molecule has 1 fully saturated rings. The Bertz CT molecular complexity index is 1250. The first kappa shape index (κ1) is 24.9. The molecule has 3 aromatic rings. The number of rotatable bonds is 7. The molecular weight excluding hydrogens is 465 g/mol. The van der Waals surface area contributed by atoms with Gasteiger partial charge < -0.3 is 9.80 Å². The standard InChI is InChI=1S/C27H30FN3O3S/c1-21-3-7-23(8-4-21)19-31(35(33,34)26-13-5-22(2)6-14-26)20-27(32)30-17-15-29(16-18-30)25-11-9-24(28)10-12-25/h3-14H,15-20H2,1-2H3. The first-order valence-electron chi connectivity index (χ1n) is 11.6. The van der Waals surface area contributed by atoms with Crippen molar-refractivity contribution in [1.82, 2.24) is 9.21 Å². The maximum atomic E-state index is 13.5. The molecule has 1 aliphatic rings. The van der Waals surface area contributed by atoms with Crippen LogP contribution in [0.1, 0.15) is 16.7 Å². The highest BCUT2D eigenvalue weighted by molar-refractivity contribution is 7.89. The topological polar surface area (TPSA) is 60.9 Å². The van der Waals surface area contributed by atoms with Crippen LogP contribution in [0.4, 0.5) is 10.1 Å². The Morgan fingerprint density at radius 1 is 0.829 bits per heavy atom. The second-order valence-electron chi connectivity index (χ2n) is 8.92. The Labute approximate surface area is 206 Å². The third kappa shape index (κ3) is 6.07. The van der Waals surface area contributed by atoms with Crippen molar-refractivity contribution in [3.05, 3.63) is 95.3 Å². The van der Waals surface area contributed by atoms with Crippen LogP contribution in [-0.4, -0.2) is 56.3 Å². The van der Waals surface area contributed by atoms with E-state index in [-0.39, 0.29) is 29.7 Å². The Hall–Kier alpha value is -3.23. The van der Waals surface area contributed by atoms with Crippen LogP contribution in [-0.2, 0) is 21.4 Å². The summed E-state index contributed by atoms with van der Waals surface area (Å²) in [5, 5.41) is 0. The van der Waals surface area contributed by atoms with Gasteiger partial charge in [-0.3, -0.25) is 4.79 Å². The molecular formula is C27H30FN3O3S. The fourth-order valence-corrected chi connectivity index (χ4v) is 5.48. The average molecular weight is 496 g/mol. The number of halogens is 1. The highest BCUT2D eigenvalue weighted by atomic mass is 32.2. The molecule has 1 heterocycles. The summed E-state index contributed by atoms with van der Waals surface area (Å²) < 4.78 is 41.5. The molecule has 0 unspecified atom stereocenters. The van der Waals surface area contributed by atoms with Crippen molar-refractivity contribution in [1.29, 1.82) is 0 Å². The Kier molecular flexibility index (Phi) is 7.52. The largest absolute Gasteiger partial charge is 0.368 e. The third-order valence-corrected chi connectivity index (χ3v) is 8.08. The zero-order valence-electron chi connectivity index (χ0n) is 20.0. The minimum atomic E-state index is -3.88. The summed E-state index contributed by atoms with van der Waals surface area (Å²) in [5.41, 5.74) is 3.77. The van der Waals surface area contributed by atoms with Crippen LogP contribution >= 0.6 is 0 Å². The number of benzene rings is 3. The van der Waals surface area contributed by atoms with E-state index in [1.165, 1.54) is 16.4 Å². The summed E-state index contributed by atoms with van der Waals surface area (Å²) in [6.45, 7) is 5.88. The monoisotopic (exact) mass is 495 g/mol. The number of sulfonamides is 1. The maximum Gasteiger partial charge on any atom is 0.243 e. The fraction of sp³-hybridized carbons (Fsp3) is 0.296. The van der Waals surface area contributed by atoms with Crippen molar-refractivity contribution in [2.45, 2.75) is 25.3 Å². The summed E-state index contributed by atoms with van der Waals surface area (Å²) in [6.07, 6.45) is 0. The molecule has 0 aliphatic carbocycles. The second kappa shape index (κ2) is 10.6. The molecule has 0 atom stereocenters. The summed E-state index contributed by atoms with van der Waals surface area (Å²) in [5.74, 6) is -0.516. The maximum absolute atomic E-state index is 13.5. The summed E-state index contributed by atoms with van der Waals surface area (Å²) in [6, 6.07) is 20.6. The Morgan fingerprint density at radius 3 is 1.94 bits per heavy atom. The number of nitrogens with zero attached hydrogens (tertiary/aromatic N) is 3. The molecule has 1 amide bonds. The first-order valence-corrected chi connectivity index (χ1v) is 13.1. The van der Waals surface area contributed by atoms with Crippen LogP contribution in [0.3, 0.4) is 0 Å². The number of aryl methyl sites for hydroxylation is 2. The molecule has 184 valence electrons. The van der Waals surface area contributed by atoms with Crippen LogP contribution in [0.15, 0.2) is 77.7 Å². The number of hydrogen-bond donors (Lipinski definition) is 0. The van der Waals surface area contributed by atoms with Gasteiger partial charge in [0.15, 0.2) is 0 Å². The van der Waals surface area contributed by atoms with Gasteiger partial charge >= 0.3 is 0 Å². The molecule has 0 N–H and O–H groups in total. The number of amides is 1. The average Bonchev–Trinajstić information content (AvgIpc) is 2.86. The van der Waals surface area contributed by atoms with Crippen LogP contribution < -0.4 is 4.90 Å². The lowest BCUT2D eigenvalue weighted by Crippen LogP contribution is -2.51. The van der Waals surface area contributed by atoms with E-state index in [1.807, 2.05) is 38.1 Å². The van der Waals surface area contributed by atoms with Crippen molar-refractivity contribution in [3.63, 3.8) is 0 Å². The molecule has 0 saturated carbocycles. The van der Waals surface area contributed by atoms with E-state index in [4.69, 9.17) is 0 Å². The van der Waals surface area contributed by atoms with Gasteiger partial charge in [-0.2, -0.15) is 4.31 Å². The number of carbonyl (C=O) groups is 1. The molecule has 35 heavy (non-hydrogen) atoms. The molecule has 8 heteroatoms. The predicted octanol–water partition coefficient (Wildman–Crippen LogP) is 3.98. The molecule has 0 radical (unpaired) electrons. The lowest BCUT2D eigenvalue weighted by molar-refractivity contribution is -0.131. The Balaban J connectivity index is 1.49. The van der Waals surface area contributed by atoms with E-state index in [9.17, 15) is 17.6 Å². The minimum Gasteiger partial charge on any atom is -0.368 e. The smallest absolute Gasteiger partial charge is 0.243 e. The lowest BCUT2D eigenvalue weighted by atomic mass is 10.1. The predicted molar refractivity (Wildman–Crippen MR) is 135 cm³/mol. The van der Waals surface area contributed by atoms with Crippen LogP contribution in [0.25, 0.3) is 0 Å². The van der Waals surface area contributed by atoms with E-state index >= 15 is 0 Å². The minimum absolute atomic E-state index is 0.109. The normalized spacial score (nSPS) is 14.4. The van der Waals surface area contributed by atoms with E-state index in [2.05, 4.69) is 4.90 Å². The summed E-state index contributed by atoms with van der Waals surface area (Å²) in [4.78, 5) is 17.2. The molecule has 0 spiro atoms. The van der Waals surface area contributed by atoms with Gasteiger partial charge in [0.2, 0.25) is 15.9 Å². The van der Waals surface area contributed by atoms with Gasteiger partial charge in [-0.25, -0.2) is 12.8 Å². The lowest BCUT2D eigenvalue weighted by Gasteiger charge is -2.37. The highest BCUT2D eigenvalue weighted by Gasteiger charge is 2.30. The number of piperazine rings is 1. The van der Waals surface area contributed by atoms with Crippen molar-refractivity contribution in [3.8, 4) is 0 Å². The van der Waals surface area contributed by atoms with Crippen molar-refractivity contribution < 1.29 is 17.6 Å². The van der Waals surface area contributed by atoms with Gasteiger partial charge in [-0.05, 0) is 55.8 Å². The van der Waals surface area contributed by atoms with E-state index in [1.54, 1.807) is 41.3 Å². The third-order valence-electron chi connectivity index (χ3n) is 6.27. The van der Waals surface area contributed by atoms with Crippen LogP contribution in [0, 0.1) is 19.7 Å². The van der Waals surface area contributed by atoms with E-state index < -0.39 is 10.0 Å². The van der Waals surface area contributed by atoms with Crippen molar-refractivity contribution in [2.75, 3.05) is 37.6 Å². The number of hydrogen-bond acceptors (Lipinski definition) is 4. The Morgan fingerprint density at radius 2 is 1.37 bits per heavy atom. The van der Waals surface area contributed by atoms with E-state index in [0.717, 1.165) is 22.4 Å². The van der Waals surface area contributed by atoms with E-state index in [0.29, 0.717) is 26.2 Å².